The highest BCUT2D eigenvalue weighted by Crippen LogP contribution is 2.42. The Morgan fingerprint density at radius 3 is 1.43 bits per heavy atom. The van der Waals surface area contributed by atoms with Crippen molar-refractivity contribution in [3.05, 3.63) is 239 Å². The number of fused-ring (bicyclic) bond motifs is 3. The van der Waals surface area contributed by atoms with Crippen molar-refractivity contribution in [3.63, 3.8) is 0 Å². The third kappa shape index (κ3) is 27.7. The van der Waals surface area contributed by atoms with Crippen molar-refractivity contribution >= 4 is 215 Å². The molecule has 0 radical (unpaired) electrons. The Kier molecular flexibility index (Phi) is 37.1. The van der Waals surface area contributed by atoms with Crippen molar-refractivity contribution < 1.29 is 18.9 Å². The van der Waals surface area contributed by atoms with E-state index < -0.39 is 0 Å². The zero-order valence-corrected chi connectivity index (χ0v) is 82.5. The molecule has 690 valence electrons. The molecular weight excluding hydrogens is 1930 g/mol. The third-order valence-electron chi connectivity index (χ3n) is 22.2. The van der Waals surface area contributed by atoms with Crippen LogP contribution in [0.4, 0.5) is 34.9 Å². The third-order valence-corrected chi connectivity index (χ3v) is 26.4. The lowest BCUT2D eigenvalue weighted by Crippen LogP contribution is -2.42. The number of aryl methyl sites for hydroxylation is 3. The number of piperidine rings is 3. The predicted octanol–water partition coefficient (Wildman–Crippen LogP) is 22.3. The number of H-pyrrole nitrogens is 1. The summed E-state index contributed by atoms with van der Waals surface area (Å²) < 4.78 is 26.0. The van der Waals surface area contributed by atoms with Gasteiger partial charge in [-0.15, -0.1) is 17.5 Å². The number of benzene rings is 2. The van der Waals surface area contributed by atoms with E-state index in [-0.39, 0.29) is 65.6 Å². The van der Waals surface area contributed by atoms with Gasteiger partial charge in [0.05, 0.1) is 78.2 Å². The van der Waals surface area contributed by atoms with E-state index in [1.807, 2.05) is 73.1 Å². The van der Waals surface area contributed by atoms with Gasteiger partial charge in [-0.1, -0.05) is 217 Å². The number of hydrogen-bond acceptors (Lipinski definition) is 26. The number of ether oxygens (including phenoxy) is 4. The van der Waals surface area contributed by atoms with Crippen LogP contribution in [-0.4, -0.2) is 145 Å². The van der Waals surface area contributed by atoms with Crippen molar-refractivity contribution in [1.82, 2.24) is 79.4 Å². The number of hydrogen-bond donors (Lipinski definition) is 5. The zero-order valence-electron chi connectivity index (χ0n) is 72.6. The van der Waals surface area contributed by atoms with Crippen LogP contribution in [0.3, 0.4) is 0 Å². The van der Waals surface area contributed by atoms with Gasteiger partial charge in [-0.2, -0.15) is 0 Å². The van der Waals surface area contributed by atoms with Crippen molar-refractivity contribution in [2.45, 2.75) is 126 Å². The summed E-state index contributed by atoms with van der Waals surface area (Å²) in [5.74, 6) is 6.48. The van der Waals surface area contributed by atoms with E-state index in [9.17, 15) is 4.79 Å². The molecule has 2 aromatic carbocycles. The maximum atomic E-state index is 12.3. The Balaban J connectivity index is 0.000000170. The number of aromatic nitrogens is 16. The van der Waals surface area contributed by atoms with Crippen LogP contribution < -0.4 is 62.1 Å². The maximum absolute atomic E-state index is 12.3. The van der Waals surface area contributed by atoms with Gasteiger partial charge in [0.2, 0.25) is 5.90 Å². The van der Waals surface area contributed by atoms with E-state index in [0.717, 1.165) is 135 Å². The van der Waals surface area contributed by atoms with Gasteiger partial charge in [0.15, 0.2) is 44.1 Å². The largest absolute Gasteiger partial charge is 0.497 e. The van der Waals surface area contributed by atoms with Crippen LogP contribution in [0.1, 0.15) is 126 Å². The van der Waals surface area contributed by atoms with E-state index in [2.05, 4.69) is 99.3 Å². The molecule has 0 saturated carbocycles. The average Bonchev–Trinajstić information content (AvgIpc) is 1.64. The summed E-state index contributed by atoms with van der Waals surface area (Å²) in [6, 6.07) is 32.4. The van der Waals surface area contributed by atoms with Gasteiger partial charge >= 0.3 is 0 Å². The average molecular weight is 2030 g/mol. The molecule has 0 aliphatic carbocycles. The van der Waals surface area contributed by atoms with Crippen molar-refractivity contribution in [3.8, 4) is 28.9 Å². The monoisotopic (exact) mass is 2020 g/mol. The van der Waals surface area contributed by atoms with E-state index >= 15 is 0 Å². The number of aromatic amines is 1. The predicted molar refractivity (Wildman–Crippen MR) is 529 cm³/mol. The minimum Gasteiger partial charge on any atom is -0.497 e. The first-order valence-electron chi connectivity index (χ1n) is 40.8. The molecule has 3 fully saturated rings. The lowest BCUT2D eigenvalue weighted by molar-refractivity contribution is 0.237. The first-order valence-corrected chi connectivity index (χ1v) is 45.3. The Hall–Kier alpha value is -9.28. The van der Waals surface area contributed by atoms with E-state index in [1.165, 1.54) is 18.9 Å². The Bertz CT molecular complexity index is 6050. The number of nitrogens with one attached hydrogen (secondary N) is 1. The molecular formula is C88H97Cl13N24O5. The van der Waals surface area contributed by atoms with Crippen molar-refractivity contribution in [2.75, 3.05) is 91.9 Å². The topological polar surface area (TPSA) is 373 Å². The standard InChI is InChI=1S/C27H30Cl2N6O2.C21H27N5O2.C18H21Cl2N7O.C6H4Cl3N.C6H5Cl2N.C5H4Cl2N2.C5H5ClN2.ClH/c1-5-27(3)10-12-34(13-11-27)21-15-30-23-25(32-21)35(16-18-6-8-19(36-4)9-7-18)33-26(23)37-20-14-17(2)31-24(29)22(20)28;1-4-21(2)9-11-25(12-10-21)17-13-22-18-19(23-17)26(24-20(18)27)14-15-5-7-16(28-3)8-6-15;1-18(9-21)2-4-27(5-3-18)13-8-23-15-10(25-13)7-24-17(15)28-11-6-12(22)26-16(20)14(11)19;1-3-2-4(7)5(8)6(9)10-3;1-4-2-3-5(7)6(8)9-4;6-3-1-2-4(8)9-5(3)7;6-4-2-1-3-5(7)8-4;/h6-9,14-15H,5,10-13,16H2,1-4H3;5-8,13H,4,9-12,14H2,1-3H3,(H,24,27);6,8H,2-5,7,9,21H2,1H3,(H2,22,26);2H,1H3;2-3H,1H3;1-2H,(H2,8,9);1-3H,(H2,7,8);1H. The molecule has 15 heterocycles. The summed E-state index contributed by atoms with van der Waals surface area (Å²) in [6.45, 7) is 24.8. The second kappa shape index (κ2) is 46.9. The molecule has 4 aliphatic rings. The molecule has 29 nitrogen and oxygen atoms in total. The summed E-state index contributed by atoms with van der Waals surface area (Å²) in [4.78, 5) is 75.0. The molecule has 0 atom stereocenters. The molecule has 11 aromatic heterocycles. The second-order valence-corrected chi connectivity index (χ2v) is 36.2. The first kappa shape index (κ1) is 103. The van der Waals surface area contributed by atoms with Gasteiger partial charge in [-0.05, 0) is 160 Å². The minimum absolute atomic E-state index is 0. The number of rotatable bonds is 15. The van der Waals surface area contributed by atoms with Crippen molar-refractivity contribution in [1.29, 1.82) is 0 Å². The number of methoxy groups -OCH3 is 2. The summed E-state index contributed by atoms with van der Waals surface area (Å²) in [6.07, 6.45) is 14.3. The molecule has 17 rings (SSSR count). The Labute approximate surface area is 819 Å². The van der Waals surface area contributed by atoms with Crippen LogP contribution in [0.2, 0.25) is 61.1 Å². The lowest BCUT2D eigenvalue weighted by atomic mass is 9.78. The number of halogens is 13. The quantitative estimate of drug-likeness (QED) is 0.0595. The minimum atomic E-state index is -0.209. The smallest absolute Gasteiger partial charge is 0.292 e. The number of nitrogens with zero attached hydrogens (tertiary/aromatic N) is 19. The molecule has 0 bridgehead atoms. The summed E-state index contributed by atoms with van der Waals surface area (Å²) >= 11 is 69.2. The highest BCUT2D eigenvalue weighted by atomic mass is 35.5. The molecule has 13 aromatic rings. The van der Waals surface area contributed by atoms with Gasteiger partial charge < -0.3 is 56.6 Å². The molecule has 42 heteroatoms. The number of anilines is 6. The van der Waals surface area contributed by atoms with Crippen LogP contribution in [0.25, 0.3) is 22.3 Å². The first-order chi connectivity index (χ1) is 61.5. The van der Waals surface area contributed by atoms with Crippen molar-refractivity contribution in [2.24, 2.45) is 27.0 Å². The van der Waals surface area contributed by atoms with Gasteiger partial charge in [0, 0.05) is 68.5 Å². The van der Waals surface area contributed by atoms with Crippen LogP contribution in [0, 0.1) is 37.0 Å². The molecule has 0 amide bonds. The van der Waals surface area contributed by atoms with E-state index in [4.69, 9.17) is 206 Å². The van der Waals surface area contributed by atoms with Crippen LogP contribution >= 0.6 is 152 Å². The fourth-order valence-corrected chi connectivity index (χ4v) is 15.6. The van der Waals surface area contributed by atoms with Crippen LogP contribution in [-0.2, 0) is 19.6 Å². The van der Waals surface area contributed by atoms with Crippen LogP contribution in [0.15, 0.2) is 138 Å². The highest BCUT2D eigenvalue weighted by molar-refractivity contribution is 6.47. The highest BCUT2D eigenvalue weighted by Gasteiger charge is 2.34. The van der Waals surface area contributed by atoms with Gasteiger partial charge in [-0.25, -0.2) is 69.5 Å². The molecule has 0 unspecified atom stereocenters. The van der Waals surface area contributed by atoms with Gasteiger partial charge in [0.1, 0.15) is 82.8 Å². The van der Waals surface area contributed by atoms with Gasteiger partial charge in [-0.3, -0.25) is 14.6 Å². The summed E-state index contributed by atoms with van der Waals surface area (Å²) in [5.41, 5.74) is 30.9. The number of pyridine rings is 6. The summed E-state index contributed by atoms with van der Waals surface area (Å²) in [7, 11) is 3.30. The molecule has 0 spiro atoms. The number of nitrogen functional groups attached to an aromatic ring is 3. The molecule has 9 N–H and O–H groups in total. The Morgan fingerprint density at radius 2 is 0.931 bits per heavy atom. The molecule has 3 saturated heterocycles. The maximum Gasteiger partial charge on any atom is 0.292 e. The summed E-state index contributed by atoms with van der Waals surface area (Å²) in [5, 5.41) is 11.3. The normalized spacial score (nSPS) is 14.4. The Morgan fingerprint density at radius 1 is 0.462 bits per heavy atom. The molecule has 4 aliphatic heterocycles. The fourth-order valence-electron chi connectivity index (χ4n) is 13.6. The SMILES string of the molecule is CC1(CN)CCN(c2cnc3c(n2)CN=C3Oc2cc(N)nc(Cl)c2Cl)CC1.CCC1(C)CCN(c2cnc3c(=O)[nH]n(Cc4ccc(OC)cc4)c3n2)CC1.CCC1(C)CCN(c2cnc3c(Oc4cc(C)nc(Cl)c4Cl)nn(Cc4ccc(OC)cc4)c3n2)CC1.Cc1cc(Cl)c(Cl)c(Cl)n1.Cc1ccc(Cl)c(Cl)n1.Cl.Nc1ccc(Cl)c(Cl)n1.Nc1cccc(Cl)n1. The van der Waals surface area contributed by atoms with E-state index in [1.54, 1.807) is 92.9 Å². The lowest BCUT2D eigenvalue weighted by Gasteiger charge is -2.39. The van der Waals surface area contributed by atoms with Gasteiger partial charge in [0.25, 0.3) is 11.4 Å². The second-order valence-electron chi connectivity index (χ2n) is 31.6. The molecule has 130 heavy (non-hydrogen) atoms. The number of nitrogens with two attached hydrogens (primary N) is 4. The van der Waals surface area contributed by atoms with E-state index in [0.29, 0.717) is 130 Å². The zero-order chi connectivity index (χ0) is 93.2. The number of aliphatic imine (C=N–C) groups is 1. The van der Waals surface area contributed by atoms with Crippen LogP contribution in [0.5, 0.6) is 28.9 Å². The fraction of sp³-hybridized carbons (Fsp3) is 0.352.